The second-order valence-electron chi connectivity index (χ2n) is 3.56. The minimum Gasteiger partial charge on any atom is -0.368 e. The molecule has 1 heterocycles. The summed E-state index contributed by atoms with van der Waals surface area (Å²) in [4.78, 5) is 0. The van der Waals surface area contributed by atoms with Crippen molar-refractivity contribution >= 4 is 32.7 Å². The Morgan fingerprint density at radius 2 is 2.27 bits per heavy atom. The maximum absolute atomic E-state index is 4.45. The summed E-state index contributed by atoms with van der Waals surface area (Å²) in [5, 5.41) is 8.96. The van der Waals surface area contributed by atoms with Crippen LogP contribution in [0.5, 0.6) is 0 Å². The topological polar surface area (TPSA) is 29.9 Å². The van der Waals surface area contributed by atoms with Crippen LogP contribution < -0.4 is 5.32 Å². The maximum atomic E-state index is 4.45. The van der Waals surface area contributed by atoms with Crippen molar-refractivity contribution in [1.82, 2.24) is 9.78 Å². The fraction of sp³-hybridized carbons (Fsp3) is 0.364. The number of hydrogen-bond acceptors (Lipinski definition) is 2. The fourth-order valence-electron chi connectivity index (χ4n) is 1.60. The highest BCUT2D eigenvalue weighted by atomic mass is 79.9. The number of benzene rings is 1. The Hall–Kier alpha value is -1.03. The van der Waals surface area contributed by atoms with E-state index in [1.807, 2.05) is 17.8 Å². The lowest BCUT2D eigenvalue weighted by Gasteiger charge is -1.99. The number of aryl methyl sites for hydroxylation is 1. The number of anilines is 1. The molecule has 0 amide bonds. The molecule has 0 unspecified atom stereocenters. The van der Waals surface area contributed by atoms with Gasteiger partial charge in [0.1, 0.15) is 0 Å². The fourth-order valence-corrected chi connectivity index (χ4v) is 1.95. The van der Waals surface area contributed by atoms with Gasteiger partial charge in [0.25, 0.3) is 0 Å². The van der Waals surface area contributed by atoms with Crippen molar-refractivity contribution < 1.29 is 0 Å². The van der Waals surface area contributed by atoms with Crippen LogP contribution in [0.25, 0.3) is 10.9 Å². The van der Waals surface area contributed by atoms with Crippen LogP contribution in [0.1, 0.15) is 13.3 Å². The first-order chi connectivity index (χ1) is 7.22. The predicted molar refractivity (Wildman–Crippen MR) is 67.2 cm³/mol. The number of hydrogen-bond donors (Lipinski definition) is 1. The molecule has 0 aliphatic heterocycles. The van der Waals surface area contributed by atoms with E-state index in [0.29, 0.717) is 0 Å². The van der Waals surface area contributed by atoms with Crippen molar-refractivity contribution in [3.8, 4) is 0 Å². The molecule has 0 spiro atoms. The van der Waals surface area contributed by atoms with E-state index in [9.17, 15) is 0 Å². The predicted octanol–water partition coefficient (Wildman–Crippen LogP) is 3.16. The molecule has 0 fully saturated rings. The third kappa shape index (κ3) is 2.00. The molecule has 3 nitrogen and oxygen atoms in total. The molecular formula is C11H14BrN3. The Bertz CT molecular complexity index is 476. The summed E-state index contributed by atoms with van der Waals surface area (Å²) in [6.45, 7) is 3.11. The summed E-state index contributed by atoms with van der Waals surface area (Å²) in [5.74, 6) is 0.974. The molecule has 0 saturated heterocycles. The number of nitrogens with one attached hydrogen (secondary N) is 1. The minimum atomic E-state index is 0.960. The molecule has 1 aromatic carbocycles. The first-order valence-electron chi connectivity index (χ1n) is 5.08. The van der Waals surface area contributed by atoms with Crippen LogP contribution in [-0.4, -0.2) is 16.3 Å². The van der Waals surface area contributed by atoms with Crippen LogP contribution in [-0.2, 0) is 7.05 Å². The molecule has 0 aliphatic carbocycles. The molecule has 0 atom stereocenters. The van der Waals surface area contributed by atoms with E-state index in [-0.39, 0.29) is 0 Å². The van der Waals surface area contributed by atoms with Crippen LogP contribution in [0.2, 0.25) is 0 Å². The molecule has 2 rings (SSSR count). The lowest BCUT2D eigenvalue weighted by Crippen LogP contribution is -2.01. The monoisotopic (exact) mass is 267 g/mol. The van der Waals surface area contributed by atoms with Gasteiger partial charge in [-0.1, -0.05) is 22.9 Å². The lowest BCUT2D eigenvalue weighted by atomic mass is 10.2. The third-order valence-corrected chi connectivity index (χ3v) is 2.85. The average Bonchev–Trinajstić information content (AvgIpc) is 2.53. The van der Waals surface area contributed by atoms with E-state index in [1.165, 1.54) is 5.39 Å². The Labute approximate surface area is 97.6 Å². The summed E-state index contributed by atoms with van der Waals surface area (Å²) in [5.41, 5.74) is 1.14. The summed E-state index contributed by atoms with van der Waals surface area (Å²) >= 11 is 3.47. The van der Waals surface area contributed by atoms with E-state index in [2.05, 4.69) is 45.4 Å². The first kappa shape index (κ1) is 10.5. The van der Waals surface area contributed by atoms with E-state index in [4.69, 9.17) is 0 Å². The van der Waals surface area contributed by atoms with E-state index in [0.717, 1.165) is 28.8 Å². The molecule has 0 saturated carbocycles. The number of halogens is 1. The van der Waals surface area contributed by atoms with Crippen LogP contribution in [0.3, 0.4) is 0 Å². The second kappa shape index (κ2) is 4.23. The molecule has 1 N–H and O–H groups in total. The van der Waals surface area contributed by atoms with Gasteiger partial charge in [-0.25, -0.2) is 0 Å². The number of aromatic nitrogens is 2. The Morgan fingerprint density at radius 1 is 1.47 bits per heavy atom. The molecule has 80 valence electrons. The van der Waals surface area contributed by atoms with E-state index >= 15 is 0 Å². The minimum absolute atomic E-state index is 0.960. The third-order valence-electron chi connectivity index (χ3n) is 2.36. The molecule has 15 heavy (non-hydrogen) atoms. The van der Waals surface area contributed by atoms with Gasteiger partial charge < -0.3 is 5.32 Å². The van der Waals surface area contributed by atoms with Gasteiger partial charge in [-0.2, -0.15) is 5.10 Å². The summed E-state index contributed by atoms with van der Waals surface area (Å²) < 4.78 is 2.98. The van der Waals surface area contributed by atoms with Gasteiger partial charge in [-0.05, 0) is 24.6 Å². The van der Waals surface area contributed by atoms with Crippen LogP contribution in [0, 0.1) is 0 Å². The molecule has 4 heteroatoms. The number of fused-ring (bicyclic) bond motifs is 1. The Balaban J connectivity index is 2.48. The van der Waals surface area contributed by atoms with Crippen LogP contribution >= 0.6 is 15.9 Å². The van der Waals surface area contributed by atoms with Gasteiger partial charge in [-0.15, -0.1) is 0 Å². The first-order valence-corrected chi connectivity index (χ1v) is 5.88. The summed E-state index contributed by atoms with van der Waals surface area (Å²) in [6, 6.07) is 6.21. The van der Waals surface area contributed by atoms with Crippen molar-refractivity contribution in [2.45, 2.75) is 13.3 Å². The summed E-state index contributed by atoms with van der Waals surface area (Å²) in [6.07, 6.45) is 1.11. The molecule has 0 radical (unpaired) electrons. The normalized spacial score (nSPS) is 10.9. The second-order valence-corrected chi connectivity index (χ2v) is 4.48. The van der Waals surface area contributed by atoms with Gasteiger partial charge in [0.05, 0.1) is 5.52 Å². The van der Waals surface area contributed by atoms with Crippen LogP contribution in [0.4, 0.5) is 5.82 Å². The zero-order valence-corrected chi connectivity index (χ0v) is 10.5. The molecule has 0 aliphatic rings. The van der Waals surface area contributed by atoms with Crippen molar-refractivity contribution in [1.29, 1.82) is 0 Å². The molecule has 2 aromatic rings. The van der Waals surface area contributed by atoms with E-state index in [1.54, 1.807) is 0 Å². The quantitative estimate of drug-likeness (QED) is 0.926. The SMILES string of the molecule is CCCNc1nn(C)c2cc(Br)ccc12. The van der Waals surface area contributed by atoms with Crippen molar-refractivity contribution in [3.63, 3.8) is 0 Å². The smallest absolute Gasteiger partial charge is 0.155 e. The standard InChI is InChI=1S/C11H14BrN3/c1-3-6-13-11-9-5-4-8(12)7-10(9)15(2)14-11/h4-5,7H,3,6H2,1-2H3,(H,13,14). The Morgan fingerprint density at radius 3 is 3.00 bits per heavy atom. The van der Waals surface area contributed by atoms with Gasteiger partial charge in [0, 0.05) is 23.5 Å². The van der Waals surface area contributed by atoms with Crippen molar-refractivity contribution in [2.75, 3.05) is 11.9 Å². The molecule has 0 bridgehead atoms. The van der Waals surface area contributed by atoms with Crippen LogP contribution in [0.15, 0.2) is 22.7 Å². The number of nitrogens with zero attached hydrogens (tertiary/aromatic N) is 2. The Kier molecular flexibility index (Phi) is 2.95. The van der Waals surface area contributed by atoms with Gasteiger partial charge in [0.2, 0.25) is 0 Å². The zero-order chi connectivity index (χ0) is 10.8. The highest BCUT2D eigenvalue weighted by Crippen LogP contribution is 2.25. The average molecular weight is 268 g/mol. The van der Waals surface area contributed by atoms with E-state index < -0.39 is 0 Å². The van der Waals surface area contributed by atoms with Gasteiger partial charge in [-0.3, -0.25) is 4.68 Å². The van der Waals surface area contributed by atoms with Gasteiger partial charge >= 0.3 is 0 Å². The molecule has 1 aromatic heterocycles. The summed E-state index contributed by atoms with van der Waals surface area (Å²) in [7, 11) is 1.96. The van der Waals surface area contributed by atoms with Crippen molar-refractivity contribution in [3.05, 3.63) is 22.7 Å². The highest BCUT2D eigenvalue weighted by molar-refractivity contribution is 9.10. The lowest BCUT2D eigenvalue weighted by molar-refractivity contribution is 0.795. The van der Waals surface area contributed by atoms with Gasteiger partial charge in [0.15, 0.2) is 5.82 Å². The zero-order valence-electron chi connectivity index (χ0n) is 8.92. The maximum Gasteiger partial charge on any atom is 0.155 e. The number of rotatable bonds is 3. The largest absolute Gasteiger partial charge is 0.368 e. The molecular weight excluding hydrogens is 254 g/mol. The highest BCUT2D eigenvalue weighted by Gasteiger charge is 2.07. The van der Waals surface area contributed by atoms with Crippen molar-refractivity contribution in [2.24, 2.45) is 7.05 Å².